The quantitative estimate of drug-likeness (QED) is 0.638. The van der Waals surface area contributed by atoms with Gasteiger partial charge in [0.25, 0.3) is 5.91 Å². The molecule has 1 aliphatic heterocycles. The van der Waals surface area contributed by atoms with Gasteiger partial charge in [0.15, 0.2) is 0 Å². The molecule has 1 spiro atoms. The number of carbonyl (C=O) groups is 1. The first-order valence-corrected chi connectivity index (χ1v) is 9.41. The normalized spacial score (nSPS) is 18.3. The van der Waals surface area contributed by atoms with E-state index in [1.165, 1.54) is 6.07 Å². The Morgan fingerprint density at radius 2 is 1.96 bits per heavy atom. The highest BCUT2D eigenvalue weighted by Crippen LogP contribution is 2.45. The monoisotopic (exact) mass is 378 g/mol. The van der Waals surface area contributed by atoms with Crippen LogP contribution in [0.5, 0.6) is 0 Å². The summed E-state index contributed by atoms with van der Waals surface area (Å²) in [5.41, 5.74) is 6.15. The molecule has 3 aromatic rings. The molecular weight excluding hydrogens is 362 g/mol. The molecule has 1 amide bonds. The lowest BCUT2D eigenvalue weighted by molar-refractivity contribution is 0.0917. The van der Waals surface area contributed by atoms with Gasteiger partial charge in [-0.1, -0.05) is 0 Å². The van der Waals surface area contributed by atoms with E-state index in [0.717, 1.165) is 71.8 Å². The molecule has 140 valence electrons. The molecule has 0 atom stereocenters. The first kappa shape index (κ1) is 15.9. The highest BCUT2D eigenvalue weighted by molar-refractivity contribution is 6.01. The van der Waals surface area contributed by atoms with Crippen LogP contribution in [-0.4, -0.2) is 26.4 Å². The number of carbonyl (C=O) groups excluding carboxylic acids is 1. The average Bonchev–Trinajstić information content (AvgIpc) is 3.28. The summed E-state index contributed by atoms with van der Waals surface area (Å²) < 4.78 is 27.3. The van der Waals surface area contributed by atoms with Gasteiger partial charge in [-0.2, -0.15) is 13.8 Å². The lowest BCUT2D eigenvalue weighted by Crippen LogP contribution is -2.43. The largest absolute Gasteiger partial charge is 0.357 e. The maximum Gasteiger partial charge on any atom is 0.253 e. The molecule has 4 heterocycles. The second kappa shape index (κ2) is 5.25. The molecule has 2 aliphatic carbocycles. The van der Waals surface area contributed by atoms with Crippen molar-refractivity contribution in [2.75, 3.05) is 0 Å². The lowest BCUT2D eigenvalue weighted by atomic mass is 9.87. The minimum Gasteiger partial charge on any atom is -0.357 e. The van der Waals surface area contributed by atoms with E-state index in [4.69, 9.17) is 0 Å². The van der Waals surface area contributed by atoms with Gasteiger partial charge in [0.05, 0.1) is 22.5 Å². The number of hydrogen-bond acceptors (Lipinski definition) is 3. The Bertz CT molecular complexity index is 1180. The van der Waals surface area contributed by atoms with E-state index in [0.29, 0.717) is 5.69 Å². The summed E-state index contributed by atoms with van der Waals surface area (Å²) in [6.07, 6.45) is 6.13. The fourth-order valence-electron chi connectivity index (χ4n) is 4.55. The van der Waals surface area contributed by atoms with Crippen LogP contribution in [0.15, 0.2) is 24.4 Å². The highest BCUT2D eigenvalue weighted by atomic mass is 19.1. The molecule has 0 unspecified atom stereocenters. The molecule has 0 bridgehead atoms. The Labute approximate surface area is 159 Å². The third kappa shape index (κ3) is 2.19. The molecule has 7 heteroatoms. The van der Waals surface area contributed by atoms with Crippen molar-refractivity contribution < 1.29 is 13.6 Å². The van der Waals surface area contributed by atoms with Gasteiger partial charge in [-0.05, 0) is 55.0 Å². The second-order valence-electron chi connectivity index (χ2n) is 7.94. The average molecular weight is 378 g/mol. The number of hydrogen-bond donors (Lipinski definition) is 2. The van der Waals surface area contributed by atoms with Crippen LogP contribution >= 0.6 is 0 Å². The summed E-state index contributed by atoms with van der Waals surface area (Å²) >= 11 is 0. The molecule has 3 aromatic heterocycles. The molecule has 1 fully saturated rings. The van der Waals surface area contributed by atoms with Crippen LogP contribution in [0.3, 0.4) is 0 Å². The second-order valence-corrected chi connectivity index (χ2v) is 7.94. The zero-order valence-corrected chi connectivity index (χ0v) is 14.9. The van der Waals surface area contributed by atoms with Crippen LogP contribution in [0.2, 0.25) is 0 Å². The van der Waals surface area contributed by atoms with E-state index < -0.39 is 11.9 Å². The summed E-state index contributed by atoms with van der Waals surface area (Å²) in [6, 6.07) is 4.27. The topological polar surface area (TPSA) is 70.7 Å². The fourth-order valence-corrected chi connectivity index (χ4v) is 4.55. The van der Waals surface area contributed by atoms with E-state index in [9.17, 15) is 13.6 Å². The number of pyridine rings is 2. The van der Waals surface area contributed by atoms with Crippen molar-refractivity contribution in [3.05, 3.63) is 58.7 Å². The molecule has 0 aromatic carbocycles. The summed E-state index contributed by atoms with van der Waals surface area (Å²) in [7, 11) is 0. The smallest absolute Gasteiger partial charge is 0.253 e. The first-order valence-electron chi connectivity index (χ1n) is 9.41. The molecule has 2 N–H and O–H groups in total. The third-order valence-corrected chi connectivity index (χ3v) is 6.15. The van der Waals surface area contributed by atoms with Gasteiger partial charge in [-0.25, -0.2) is 0 Å². The SMILES string of the molecule is O=C1NC2(CC2)Cc2[nH]c3c(c21)CCc1cnc(-c2ccc(F)nc2F)cc1-3. The van der Waals surface area contributed by atoms with E-state index >= 15 is 0 Å². The Balaban J connectivity index is 1.50. The fraction of sp³-hybridized carbons (Fsp3) is 0.286. The minimum atomic E-state index is -0.885. The van der Waals surface area contributed by atoms with Gasteiger partial charge < -0.3 is 10.3 Å². The van der Waals surface area contributed by atoms with Crippen LogP contribution in [-0.2, 0) is 19.3 Å². The molecule has 3 aliphatic rings. The molecule has 6 rings (SSSR count). The van der Waals surface area contributed by atoms with Crippen molar-refractivity contribution in [1.29, 1.82) is 0 Å². The summed E-state index contributed by atoms with van der Waals surface area (Å²) in [5.74, 6) is -1.74. The Hall–Kier alpha value is -3.09. The number of H-pyrrole nitrogens is 1. The number of aromatic nitrogens is 3. The van der Waals surface area contributed by atoms with Crippen LogP contribution in [0.1, 0.15) is 40.0 Å². The van der Waals surface area contributed by atoms with Crippen molar-refractivity contribution in [1.82, 2.24) is 20.3 Å². The van der Waals surface area contributed by atoms with Crippen molar-refractivity contribution in [2.24, 2.45) is 0 Å². The Morgan fingerprint density at radius 1 is 1.11 bits per heavy atom. The third-order valence-electron chi connectivity index (χ3n) is 6.15. The highest BCUT2D eigenvalue weighted by Gasteiger charge is 2.49. The van der Waals surface area contributed by atoms with Crippen molar-refractivity contribution in [2.45, 2.75) is 37.6 Å². The number of rotatable bonds is 1. The zero-order valence-electron chi connectivity index (χ0n) is 14.9. The van der Waals surface area contributed by atoms with Gasteiger partial charge in [0, 0.05) is 29.4 Å². The molecule has 0 saturated heterocycles. The zero-order chi connectivity index (χ0) is 19.0. The standard InChI is InChI=1S/C21H16F2N4O/c22-16-4-3-11(19(23)26-16)14-7-13-10(9-24-14)1-2-12-17-15(25-18(12)13)8-21(5-6-21)27-20(17)28/h3-4,7,9,25H,1-2,5-6,8H2,(H,27,28). The van der Waals surface area contributed by atoms with E-state index in [1.54, 1.807) is 12.3 Å². The van der Waals surface area contributed by atoms with Crippen LogP contribution in [0.25, 0.3) is 22.5 Å². The Morgan fingerprint density at radius 3 is 2.75 bits per heavy atom. The maximum absolute atomic E-state index is 14.1. The number of halogens is 2. The predicted octanol–water partition coefficient (Wildman–Crippen LogP) is 3.33. The maximum atomic E-state index is 14.1. The lowest BCUT2D eigenvalue weighted by Gasteiger charge is -2.24. The summed E-state index contributed by atoms with van der Waals surface area (Å²) in [4.78, 5) is 23.8. The van der Waals surface area contributed by atoms with Crippen LogP contribution in [0, 0.1) is 11.9 Å². The van der Waals surface area contributed by atoms with Crippen LogP contribution in [0.4, 0.5) is 8.78 Å². The number of aromatic amines is 1. The number of aryl methyl sites for hydroxylation is 1. The molecule has 5 nitrogen and oxygen atoms in total. The van der Waals surface area contributed by atoms with Gasteiger partial charge in [-0.3, -0.25) is 9.78 Å². The number of fused-ring (bicyclic) bond motifs is 5. The molecule has 28 heavy (non-hydrogen) atoms. The van der Waals surface area contributed by atoms with Crippen molar-refractivity contribution in [3.8, 4) is 22.5 Å². The minimum absolute atomic E-state index is 0.00255. The van der Waals surface area contributed by atoms with Gasteiger partial charge >= 0.3 is 0 Å². The predicted molar refractivity (Wildman–Crippen MR) is 97.7 cm³/mol. The van der Waals surface area contributed by atoms with Crippen molar-refractivity contribution in [3.63, 3.8) is 0 Å². The first-order chi connectivity index (χ1) is 13.5. The Kier molecular flexibility index (Phi) is 2.98. The van der Waals surface area contributed by atoms with Crippen molar-refractivity contribution >= 4 is 5.91 Å². The van der Waals surface area contributed by atoms with Gasteiger partial charge in [-0.15, -0.1) is 0 Å². The molecule has 0 radical (unpaired) electrons. The summed E-state index contributed by atoms with van der Waals surface area (Å²) in [6.45, 7) is 0. The number of amides is 1. The van der Waals surface area contributed by atoms with Gasteiger partial charge in [0.1, 0.15) is 0 Å². The van der Waals surface area contributed by atoms with E-state index in [1.807, 2.05) is 0 Å². The van der Waals surface area contributed by atoms with Crippen LogP contribution < -0.4 is 5.32 Å². The van der Waals surface area contributed by atoms with Gasteiger partial charge in [0.2, 0.25) is 11.9 Å². The molecular formula is C21H16F2N4O. The number of nitrogens with one attached hydrogen (secondary N) is 2. The van der Waals surface area contributed by atoms with E-state index in [-0.39, 0.29) is 17.0 Å². The summed E-state index contributed by atoms with van der Waals surface area (Å²) in [5, 5.41) is 3.17. The number of nitrogens with zero attached hydrogens (tertiary/aromatic N) is 2. The molecule has 1 saturated carbocycles. The van der Waals surface area contributed by atoms with E-state index in [2.05, 4.69) is 20.3 Å².